The fourth-order valence-electron chi connectivity index (χ4n) is 11.2. The van der Waals surface area contributed by atoms with Crippen molar-refractivity contribution in [3.05, 3.63) is 36.5 Å². The van der Waals surface area contributed by atoms with Gasteiger partial charge in [0.2, 0.25) is 5.91 Å². The number of ether oxygens (including phenoxy) is 2. The van der Waals surface area contributed by atoms with Crippen molar-refractivity contribution in [1.82, 2.24) is 5.32 Å². The van der Waals surface area contributed by atoms with Gasteiger partial charge in [-0.2, -0.15) is 0 Å². The molecule has 0 saturated carbocycles. The molecule has 1 fully saturated rings. The Labute approximate surface area is 489 Å². The van der Waals surface area contributed by atoms with Crippen molar-refractivity contribution in [3.63, 3.8) is 0 Å². The molecule has 1 saturated heterocycles. The number of carbonyl (C=O) groups is 1. The van der Waals surface area contributed by atoms with Gasteiger partial charge in [-0.25, -0.2) is 0 Å². The molecule has 1 aliphatic heterocycles. The largest absolute Gasteiger partial charge is 0.394 e. The van der Waals surface area contributed by atoms with Gasteiger partial charge in [-0.3, -0.25) is 4.79 Å². The molecule has 466 valence electrons. The van der Waals surface area contributed by atoms with Crippen LogP contribution in [0.2, 0.25) is 0 Å². The number of allylic oxidation sites excluding steroid dienone is 5. The summed E-state index contributed by atoms with van der Waals surface area (Å²) in [4.78, 5) is 13.1. The van der Waals surface area contributed by atoms with E-state index in [0.29, 0.717) is 6.42 Å². The maximum absolute atomic E-state index is 13.1. The first-order chi connectivity index (χ1) is 38.8. The molecule has 7 atom stereocenters. The Bertz CT molecular complexity index is 1340. The molecule has 0 spiro atoms. The predicted molar refractivity (Wildman–Crippen MR) is 337 cm³/mol. The van der Waals surface area contributed by atoms with E-state index >= 15 is 0 Å². The number of aliphatic hydroxyl groups excluding tert-OH is 5. The zero-order valence-electron chi connectivity index (χ0n) is 52.2. The third kappa shape index (κ3) is 48.5. The van der Waals surface area contributed by atoms with E-state index in [1.165, 1.54) is 289 Å². The lowest BCUT2D eigenvalue weighted by molar-refractivity contribution is -0.302. The van der Waals surface area contributed by atoms with Crippen LogP contribution in [0.15, 0.2) is 36.5 Å². The molecule has 9 heteroatoms. The van der Waals surface area contributed by atoms with Crippen LogP contribution in [0.5, 0.6) is 0 Å². The molecule has 0 aromatic carbocycles. The summed E-state index contributed by atoms with van der Waals surface area (Å²) in [5, 5.41) is 54.7. The second-order valence-electron chi connectivity index (χ2n) is 24.3. The maximum Gasteiger partial charge on any atom is 0.220 e. The lowest BCUT2D eigenvalue weighted by Gasteiger charge is -2.40. The topological polar surface area (TPSA) is 149 Å². The summed E-state index contributed by atoms with van der Waals surface area (Å²) < 4.78 is 11.3. The quantitative estimate of drug-likeness (QED) is 0.0261. The molecule has 6 N–H and O–H groups in total. The number of aliphatic hydroxyl groups is 5. The molecule has 9 nitrogen and oxygen atoms in total. The highest BCUT2D eigenvalue weighted by Gasteiger charge is 2.44. The first-order valence-corrected chi connectivity index (χ1v) is 34.7. The average molecular weight is 1120 g/mol. The van der Waals surface area contributed by atoms with Crippen LogP contribution in [0.1, 0.15) is 348 Å². The van der Waals surface area contributed by atoms with Gasteiger partial charge in [-0.1, -0.05) is 320 Å². The van der Waals surface area contributed by atoms with Crippen LogP contribution in [-0.4, -0.2) is 87.5 Å². The highest BCUT2D eigenvalue weighted by molar-refractivity contribution is 5.76. The van der Waals surface area contributed by atoms with E-state index in [2.05, 4.69) is 43.5 Å². The number of hydrogen-bond acceptors (Lipinski definition) is 8. The molecule has 0 aromatic heterocycles. The minimum atomic E-state index is -1.57. The van der Waals surface area contributed by atoms with E-state index in [-0.39, 0.29) is 12.5 Å². The zero-order valence-corrected chi connectivity index (χ0v) is 52.2. The SMILES string of the molecule is CCCCCCCCCCCCCC/C=C\CCCCCCCCCCCCCCCCCC(=O)NC(COC1OC(CO)C(O)C(O)C1O)C(O)/C=C/CC/C=C/CCCCCCCCCCCCCCCCCCCCC. The Balaban J connectivity index is 2.14. The van der Waals surface area contributed by atoms with Gasteiger partial charge < -0.3 is 40.3 Å². The maximum atomic E-state index is 13.1. The van der Waals surface area contributed by atoms with E-state index in [1.807, 2.05) is 6.08 Å². The van der Waals surface area contributed by atoms with Gasteiger partial charge in [-0.05, 0) is 57.8 Å². The first kappa shape index (κ1) is 75.4. The molecule has 0 radical (unpaired) electrons. The molecule has 1 rings (SSSR count). The fraction of sp³-hybridized carbons (Fsp3) is 0.900. The number of rotatable bonds is 61. The molecule has 0 bridgehead atoms. The highest BCUT2D eigenvalue weighted by atomic mass is 16.7. The van der Waals surface area contributed by atoms with Gasteiger partial charge in [0.1, 0.15) is 24.4 Å². The minimum absolute atomic E-state index is 0.180. The molecular formula is C70H133NO8. The van der Waals surface area contributed by atoms with Crippen molar-refractivity contribution in [2.45, 2.75) is 391 Å². The summed E-state index contributed by atoms with van der Waals surface area (Å²) in [6.07, 6.45) is 72.6. The third-order valence-corrected chi connectivity index (χ3v) is 16.7. The first-order valence-electron chi connectivity index (χ1n) is 34.7. The van der Waals surface area contributed by atoms with Crippen molar-refractivity contribution < 1.29 is 39.8 Å². The molecular weight excluding hydrogens is 983 g/mol. The van der Waals surface area contributed by atoms with Crippen LogP contribution < -0.4 is 5.32 Å². The Hall–Kier alpha value is -1.59. The van der Waals surface area contributed by atoms with Crippen molar-refractivity contribution in [1.29, 1.82) is 0 Å². The van der Waals surface area contributed by atoms with Crippen LogP contribution in [0.4, 0.5) is 0 Å². The monoisotopic (exact) mass is 1120 g/mol. The normalized spacial score (nSPS) is 18.7. The molecule has 0 aliphatic carbocycles. The third-order valence-electron chi connectivity index (χ3n) is 16.7. The van der Waals surface area contributed by atoms with Gasteiger partial charge in [0.05, 0.1) is 25.4 Å². The Kier molecular flexibility index (Phi) is 56.9. The summed E-state index contributed by atoms with van der Waals surface area (Å²) in [5.74, 6) is -0.180. The summed E-state index contributed by atoms with van der Waals surface area (Å²) >= 11 is 0. The van der Waals surface area contributed by atoms with E-state index in [0.717, 1.165) is 38.5 Å². The van der Waals surface area contributed by atoms with Crippen LogP contribution in [0.3, 0.4) is 0 Å². The zero-order chi connectivity index (χ0) is 57.2. The highest BCUT2D eigenvalue weighted by Crippen LogP contribution is 2.23. The summed E-state index contributed by atoms with van der Waals surface area (Å²) in [5.41, 5.74) is 0. The van der Waals surface area contributed by atoms with E-state index < -0.39 is 49.5 Å². The minimum Gasteiger partial charge on any atom is -0.394 e. The number of carbonyl (C=O) groups excluding carboxylic acids is 1. The average Bonchev–Trinajstić information content (AvgIpc) is 3.47. The molecule has 79 heavy (non-hydrogen) atoms. The molecule has 1 aliphatic rings. The summed E-state index contributed by atoms with van der Waals surface area (Å²) in [6, 6.07) is -0.822. The second kappa shape index (κ2) is 59.6. The van der Waals surface area contributed by atoms with E-state index in [1.54, 1.807) is 6.08 Å². The van der Waals surface area contributed by atoms with E-state index in [4.69, 9.17) is 9.47 Å². The molecule has 1 amide bonds. The Morgan fingerprint density at radius 2 is 0.722 bits per heavy atom. The van der Waals surface area contributed by atoms with Gasteiger partial charge >= 0.3 is 0 Å². The number of unbranched alkanes of at least 4 members (excludes halogenated alkanes) is 47. The van der Waals surface area contributed by atoms with Crippen molar-refractivity contribution in [2.24, 2.45) is 0 Å². The van der Waals surface area contributed by atoms with Crippen molar-refractivity contribution in [3.8, 4) is 0 Å². The van der Waals surface area contributed by atoms with Crippen molar-refractivity contribution >= 4 is 5.91 Å². The van der Waals surface area contributed by atoms with Gasteiger partial charge in [-0.15, -0.1) is 0 Å². The van der Waals surface area contributed by atoms with Crippen LogP contribution in [0.25, 0.3) is 0 Å². The predicted octanol–water partition coefficient (Wildman–Crippen LogP) is 18.6. The van der Waals surface area contributed by atoms with Gasteiger partial charge in [0.25, 0.3) is 0 Å². The Morgan fingerprint density at radius 3 is 1.06 bits per heavy atom. The van der Waals surface area contributed by atoms with Gasteiger partial charge in [0, 0.05) is 6.42 Å². The van der Waals surface area contributed by atoms with Crippen LogP contribution in [0, 0.1) is 0 Å². The van der Waals surface area contributed by atoms with Crippen molar-refractivity contribution in [2.75, 3.05) is 13.2 Å². The Morgan fingerprint density at radius 1 is 0.418 bits per heavy atom. The van der Waals surface area contributed by atoms with E-state index in [9.17, 15) is 30.3 Å². The fourth-order valence-corrected chi connectivity index (χ4v) is 11.2. The number of hydrogen-bond donors (Lipinski definition) is 6. The second-order valence-corrected chi connectivity index (χ2v) is 24.3. The standard InChI is InChI=1S/C70H133NO8/c1-3-5-7-9-11-13-15-17-19-21-23-25-27-29-30-31-32-33-34-36-38-40-42-44-46-48-50-52-54-56-58-60-66(74)71-63(62-78-70-69(77)68(76)67(75)65(61-72)79-70)64(73)59-57-55-53-51-49-47-45-43-41-39-37-35-28-26-24-22-20-18-16-14-12-10-8-6-4-2/h29-30,49,51,57,59,63-65,67-70,72-73,75-77H,3-28,31-48,50,52-56,58,60-62H2,1-2H3,(H,71,74)/b30-29-,51-49+,59-57+. The van der Waals surface area contributed by atoms with Crippen LogP contribution >= 0.6 is 0 Å². The number of nitrogens with one attached hydrogen (secondary N) is 1. The lowest BCUT2D eigenvalue weighted by Crippen LogP contribution is -2.60. The summed E-state index contributed by atoms with van der Waals surface area (Å²) in [6.45, 7) is 3.82. The lowest BCUT2D eigenvalue weighted by atomic mass is 9.99. The number of amides is 1. The molecule has 7 unspecified atom stereocenters. The summed E-state index contributed by atoms with van der Waals surface area (Å²) in [7, 11) is 0. The van der Waals surface area contributed by atoms with Crippen LogP contribution in [-0.2, 0) is 14.3 Å². The van der Waals surface area contributed by atoms with Gasteiger partial charge in [0.15, 0.2) is 6.29 Å². The molecule has 0 aromatic rings. The molecule has 1 heterocycles. The smallest absolute Gasteiger partial charge is 0.220 e.